The van der Waals surface area contributed by atoms with Crippen molar-refractivity contribution in [1.29, 1.82) is 0 Å². The van der Waals surface area contributed by atoms with Crippen LogP contribution >= 0.6 is 22.7 Å². The number of fused-ring (bicyclic) bond motifs is 12. The molecule has 11 aromatic carbocycles. The van der Waals surface area contributed by atoms with Crippen molar-refractivity contribution in [2.45, 2.75) is 0 Å². The third-order valence-corrected chi connectivity index (χ3v) is 16.2. The fourth-order valence-corrected chi connectivity index (χ4v) is 13.0. The fourth-order valence-electron chi connectivity index (χ4n) is 10.5. The predicted molar refractivity (Wildman–Crippen MR) is 293 cm³/mol. The minimum Gasteiger partial charge on any atom is -0.252 e. The van der Waals surface area contributed by atoms with E-state index in [0.717, 1.165) is 43.7 Å². The lowest BCUT2D eigenvalue weighted by Gasteiger charge is -2.14. The molecule has 316 valence electrons. The Hall–Kier alpha value is -8.28. The number of hydrogen-bond acceptors (Lipinski definition) is 4. The zero-order valence-corrected chi connectivity index (χ0v) is 38.3. The van der Waals surface area contributed by atoms with Crippen molar-refractivity contribution >= 4 is 95.6 Å². The van der Waals surface area contributed by atoms with E-state index >= 15 is 0 Å². The van der Waals surface area contributed by atoms with Gasteiger partial charge in [0.15, 0.2) is 0 Å². The highest BCUT2D eigenvalue weighted by Crippen LogP contribution is 2.44. The normalized spacial score (nSPS) is 11.8. The Balaban J connectivity index is 0.846. The molecule has 14 aromatic rings. The zero-order valence-electron chi connectivity index (χ0n) is 36.7. The van der Waals surface area contributed by atoms with Crippen LogP contribution < -0.4 is 0 Å². The Morgan fingerprint density at radius 3 is 1.00 bits per heavy atom. The molecule has 0 fully saturated rings. The summed E-state index contributed by atoms with van der Waals surface area (Å²) < 4.78 is 5.31. The molecule has 68 heavy (non-hydrogen) atoms. The standard InChI is InChI=1S/C64H38N2S2/c1-3-25-59-51(19-1)55-23-9-21-49(63(55)67-59)47-17-7-15-43(35-47)39-11-5-13-41(33-39)45-27-29-53-57(37-45)58-38-46(28-30-54(58)62-61(53)65-31-32-66-62)42-14-6-12-40(34-42)44-16-8-18-48(36-44)50-22-10-24-56-52-20-2-4-26-60(52)68-64(50)56/h1-38H. The van der Waals surface area contributed by atoms with Crippen LogP contribution in [0.4, 0.5) is 0 Å². The summed E-state index contributed by atoms with van der Waals surface area (Å²) >= 11 is 3.76. The molecule has 0 radical (unpaired) electrons. The monoisotopic (exact) mass is 898 g/mol. The van der Waals surface area contributed by atoms with Gasteiger partial charge >= 0.3 is 0 Å². The molecule has 3 heterocycles. The first-order chi connectivity index (χ1) is 33.7. The summed E-state index contributed by atoms with van der Waals surface area (Å²) in [5.74, 6) is 0. The van der Waals surface area contributed by atoms with Crippen molar-refractivity contribution in [3.05, 3.63) is 231 Å². The molecule has 3 aromatic heterocycles. The van der Waals surface area contributed by atoms with Crippen molar-refractivity contribution in [2.24, 2.45) is 0 Å². The van der Waals surface area contributed by atoms with E-state index in [2.05, 4.69) is 218 Å². The van der Waals surface area contributed by atoms with Crippen LogP contribution in [0.5, 0.6) is 0 Å². The summed E-state index contributed by atoms with van der Waals surface area (Å²) in [6.45, 7) is 0. The average Bonchev–Trinajstić information content (AvgIpc) is 4.00. The van der Waals surface area contributed by atoms with Gasteiger partial charge in [-0.3, -0.25) is 9.97 Å². The van der Waals surface area contributed by atoms with Crippen molar-refractivity contribution < 1.29 is 0 Å². The molecule has 0 saturated carbocycles. The molecule has 4 heteroatoms. The molecule has 0 aliphatic heterocycles. The Bertz CT molecular complexity index is 4070. The zero-order chi connectivity index (χ0) is 44.7. The summed E-state index contributed by atoms with van der Waals surface area (Å²) in [6, 6.07) is 80.5. The molecule has 0 bridgehead atoms. The largest absolute Gasteiger partial charge is 0.252 e. The molecular weight excluding hydrogens is 861 g/mol. The van der Waals surface area contributed by atoms with E-state index in [9.17, 15) is 0 Å². The molecule has 0 spiro atoms. The lowest BCUT2D eigenvalue weighted by atomic mass is 9.91. The van der Waals surface area contributed by atoms with E-state index in [-0.39, 0.29) is 0 Å². The second-order valence-corrected chi connectivity index (χ2v) is 19.8. The van der Waals surface area contributed by atoms with Crippen LogP contribution in [0.25, 0.3) is 140 Å². The maximum absolute atomic E-state index is 4.90. The number of hydrogen-bond donors (Lipinski definition) is 0. The highest BCUT2D eigenvalue weighted by Gasteiger charge is 2.16. The molecule has 2 nitrogen and oxygen atoms in total. The second kappa shape index (κ2) is 15.7. The van der Waals surface area contributed by atoms with Gasteiger partial charge in [0.25, 0.3) is 0 Å². The first-order valence-corrected chi connectivity index (χ1v) is 24.7. The van der Waals surface area contributed by atoms with E-state index in [1.54, 1.807) is 12.4 Å². The molecule has 14 rings (SSSR count). The van der Waals surface area contributed by atoms with Crippen LogP contribution in [0.3, 0.4) is 0 Å². The van der Waals surface area contributed by atoms with Gasteiger partial charge < -0.3 is 0 Å². The van der Waals surface area contributed by atoms with Crippen LogP contribution in [0.1, 0.15) is 0 Å². The summed E-state index contributed by atoms with van der Waals surface area (Å²) in [6.07, 6.45) is 3.61. The van der Waals surface area contributed by atoms with Crippen molar-refractivity contribution in [3.8, 4) is 66.8 Å². The number of nitrogens with zero attached hydrogens (tertiary/aromatic N) is 2. The van der Waals surface area contributed by atoms with Crippen molar-refractivity contribution in [1.82, 2.24) is 9.97 Å². The Morgan fingerprint density at radius 1 is 0.235 bits per heavy atom. The van der Waals surface area contributed by atoms with Crippen molar-refractivity contribution in [3.63, 3.8) is 0 Å². The molecule has 0 N–H and O–H groups in total. The van der Waals surface area contributed by atoms with Gasteiger partial charge in [-0.05, 0) is 126 Å². The van der Waals surface area contributed by atoms with Crippen LogP contribution in [0, 0.1) is 0 Å². The van der Waals surface area contributed by atoms with Gasteiger partial charge in [0, 0.05) is 63.5 Å². The first-order valence-electron chi connectivity index (χ1n) is 23.0. The van der Waals surface area contributed by atoms with Crippen LogP contribution in [0.2, 0.25) is 0 Å². The molecular formula is C64H38N2S2. The van der Waals surface area contributed by atoms with Gasteiger partial charge in [0.05, 0.1) is 11.0 Å². The summed E-state index contributed by atoms with van der Waals surface area (Å²) in [5.41, 5.74) is 16.3. The van der Waals surface area contributed by atoms with E-state index in [4.69, 9.17) is 9.97 Å². The van der Waals surface area contributed by atoms with Gasteiger partial charge in [0.2, 0.25) is 0 Å². The third kappa shape index (κ3) is 6.37. The minimum atomic E-state index is 0.918. The number of thiophene rings is 2. The smallest absolute Gasteiger partial charge is 0.0971 e. The maximum Gasteiger partial charge on any atom is 0.0971 e. The molecule has 0 atom stereocenters. The summed E-state index contributed by atoms with van der Waals surface area (Å²) in [5, 5.41) is 9.80. The van der Waals surface area contributed by atoms with E-state index in [1.807, 2.05) is 22.7 Å². The number of rotatable bonds is 6. The Kier molecular flexibility index (Phi) is 8.98. The number of benzene rings is 11. The SMILES string of the molecule is c1cc(-c2cccc(-c3cccc4c3sc3ccccc34)c2)cc(-c2ccc3c(c2)c2cc(-c4cccc(-c5cccc(-c6cccc7c6sc6ccccc67)c5)c4)ccc2c2nccnc32)c1. The Morgan fingerprint density at radius 2 is 0.574 bits per heavy atom. The van der Waals surface area contributed by atoms with E-state index in [1.165, 1.54) is 96.0 Å². The van der Waals surface area contributed by atoms with Crippen LogP contribution in [0.15, 0.2) is 231 Å². The Labute approximate surface area is 400 Å². The fraction of sp³-hybridized carbons (Fsp3) is 0. The van der Waals surface area contributed by atoms with Crippen LogP contribution in [-0.2, 0) is 0 Å². The third-order valence-electron chi connectivity index (χ3n) is 13.8. The maximum atomic E-state index is 4.90. The highest BCUT2D eigenvalue weighted by molar-refractivity contribution is 7.26. The topological polar surface area (TPSA) is 25.8 Å². The van der Waals surface area contributed by atoms with Crippen LogP contribution in [-0.4, -0.2) is 9.97 Å². The predicted octanol–water partition coefficient (Wildman–Crippen LogP) is 18.7. The minimum absolute atomic E-state index is 0.918. The highest BCUT2D eigenvalue weighted by atomic mass is 32.1. The van der Waals surface area contributed by atoms with Gasteiger partial charge in [-0.15, -0.1) is 22.7 Å². The van der Waals surface area contributed by atoms with Crippen molar-refractivity contribution in [2.75, 3.05) is 0 Å². The molecule has 0 aliphatic carbocycles. The first kappa shape index (κ1) is 38.9. The molecule has 0 aliphatic rings. The quantitative estimate of drug-likeness (QED) is 0.155. The summed E-state index contributed by atoms with van der Waals surface area (Å²) in [4.78, 5) is 9.80. The average molecular weight is 899 g/mol. The van der Waals surface area contributed by atoms with Gasteiger partial charge in [-0.1, -0.05) is 170 Å². The molecule has 0 saturated heterocycles. The second-order valence-electron chi connectivity index (χ2n) is 17.7. The van der Waals surface area contributed by atoms with E-state index in [0.29, 0.717) is 0 Å². The lowest BCUT2D eigenvalue weighted by molar-refractivity contribution is 1.31. The van der Waals surface area contributed by atoms with Gasteiger partial charge in [0.1, 0.15) is 0 Å². The molecule has 0 unspecified atom stereocenters. The van der Waals surface area contributed by atoms with E-state index < -0.39 is 0 Å². The molecule has 0 amide bonds. The van der Waals surface area contributed by atoms with Gasteiger partial charge in [-0.2, -0.15) is 0 Å². The lowest BCUT2D eigenvalue weighted by Crippen LogP contribution is -1.90. The summed E-state index contributed by atoms with van der Waals surface area (Å²) in [7, 11) is 0. The van der Waals surface area contributed by atoms with Gasteiger partial charge in [-0.25, -0.2) is 0 Å². The number of aromatic nitrogens is 2.